The van der Waals surface area contributed by atoms with Gasteiger partial charge in [0.15, 0.2) is 5.65 Å². The van der Waals surface area contributed by atoms with Crippen molar-refractivity contribution in [3.8, 4) is 11.1 Å². The molecule has 2 N–H and O–H groups in total. The first kappa shape index (κ1) is 32.5. The number of rotatable bonds is 7. The fourth-order valence-corrected chi connectivity index (χ4v) is 6.49. The van der Waals surface area contributed by atoms with Crippen LogP contribution in [-0.2, 0) is 22.1 Å². The lowest BCUT2D eigenvalue weighted by atomic mass is 9.94. The van der Waals surface area contributed by atoms with E-state index in [0.717, 1.165) is 24.4 Å². The molecule has 1 aromatic carbocycles. The van der Waals surface area contributed by atoms with Crippen molar-refractivity contribution in [2.24, 2.45) is 0 Å². The molecule has 0 saturated carbocycles. The van der Waals surface area contributed by atoms with E-state index in [1.165, 1.54) is 33.3 Å². The predicted octanol–water partition coefficient (Wildman–Crippen LogP) is 5.96. The topological polar surface area (TPSA) is 92.4 Å². The Morgan fingerprint density at radius 1 is 1.12 bits per heavy atom. The maximum absolute atomic E-state index is 15.2. The van der Waals surface area contributed by atoms with Crippen LogP contribution in [0.4, 0.5) is 33.3 Å². The summed E-state index contributed by atoms with van der Waals surface area (Å²) in [6.45, 7) is 5.35. The number of nitrogens with zero attached hydrogens (tertiary/aromatic N) is 4. The van der Waals surface area contributed by atoms with Gasteiger partial charge in [0, 0.05) is 67.2 Å². The molecule has 2 aliphatic rings. The van der Waals surface area contributed by atoms with Crippen molar-refractivity contribution in [1.29, 1.82) is 0 Å². The van der Waals surface area contributed by atoms with Gasteiger partial charge in [-0.05, 0) is 50.1 Å². The van der Waals surface area contributed by atoms with Crippen LogP contribution in [0.5, 0.6) is 0 Å². The monoisotopic (exact) mass is 678 g/mol. The zero-order chi connectivity index (χ0) is 34.8. The van der Waals surface area contributed by atoms with Crippen LogP contribution < -0.4 is 15.5 Å². The van der Waals surface area contributed by atoms with Gasteiger partial charge in [0.05, 0.1) is 41.2 Å². The standard InChI is InChI=1S/C35H31F5N6O3/c1-19-15-41-33-31-28(23(16-46(19)33)35(38,39)40)22-6-5-10-45-26(14-20(30(22)45)8-11-44(31)3)32(48)21-12-24(36)29(25(37)13-21)43-27(47)7-4-9-42-34(2)17-49-18-34/h4-7,10,12-16,42H,8-9,11,17-18H2,1-3H3,(H,43,47)/b7-4+. The van der Waals surface area contributed by atoms with Crippen molar-refractivity contribution >= 4 is 34.2 Å². The lowest BCUT2D eigenvalue weighted by molar-refractivity contribution is -0.137. The van der Waals surface area contributed by atoms with Crippen molar-refractivity contribution in [3.63, 3.8) is 0 Å². The number of benzene rings is 1. The molecule has 0 unspecified atom stereocenters. The highest BCUT2D eigenvalue weighted by atomic mass is 19.4. The van der Waals surface area contributed by atoms with Crippen LogP contribution in [0.1, 0.15) is 39.8 Å². The number of aryl methyl sites for hydroxylation is 1. The second kappa shape index (κ2) is 11.8. The minimum absolute atomic E-state index is 0.0147. The smallest absolute Gasteiger partial charge is 0.377 e. The van der Waals surface area contributed by atoms with Crippen molar-refractivity contribution < 1.29 is 36.3 Å². The molecular weight excluding hydrogens is 647 g/mol. The number of pyridine rings is 2. The molecular formula is C35H31F5N6O3. The molecule has 254 valence electrons. The van der Waals surface area contributed by atoms with Crippen molar-refractivity contribution in [1.82, 2.24) is 19.1 Å². The Hall–Kier alpha value is -5.08. The van der Waals surface area contributed by atoms with Crippen LogP contribution in [0, 0.1) is 18.6 Å². The number of fused-ring (bicyclic) bond motifs is 4. The highest BCUT2D eigenvalue weighted by Crippen LogP contribution is 2.47. The Balaban J connectivity index is 1.25. The number of hydrogen-bond donors (Lipinski definition) is 2. The van der Waals surface area contributed by atoms with Crippen molar-refractivity contribution in [2.45, 2.75) is 32.0 Å². The van der Waals surface area contributed by atoms with E-state index in [0.29, 0.717) is 60.8 Å². The summed E-state index contributed by atoms with van der Waals surface area (Å²) in [6.07, 6.45) is 2.37. The van der Waals surface area contributed by atoms with Crippen LogP contribution in [0.25, 0.3) is 22.3 Å². The molecule has 0 spiro atoms. The second-order valence-corrected chi connectivity index (χ2v) is 12.7. The van der Waals surface area contributed by atoms with Gasteiger partial charge >= 0.3 is 6.18 Å². The number of alkyl halides is 3. The van der Waals surface area contributed by atoms with Gasteiger partial charge in [-0.15, -0.1) is 0 Å². The molecule has 1 fully saturated rings. The van der Waals surface area contributed by atoms with Gasteiger partial charge in [0.2, 0.25) is 11.7 Å². The fraction of sp³-hybridized carbons (Fsp3) is 0.286. The number of nitrogens with one attached hydrogen (secondary N) is 2. The van der Waals surface area contributed by atoms with E-state index in [9.17, 15) is 22.8 Å². The zero-order valence-electron chi connectivity index (χ0n) is 26.7. The number of hydrogen-bond acceptors (Lipinski definition) is 6. The van der Waals surface area contributed by atoms with Gasteiger partial charge in [0.1, 0.15) is 17.3 Å². The molecule has 6 heterocycles. The number of carbonyl (C=O) groups excluding carboxylic acids is 2. The molecule has 1 saturated heterocycles. The number of carbonyl (C=O) groups is 2. The van der Waals surface area contributed by atoms with Gasteiger partial charge < -0.3 is 29.1 Å². The summed E-state index contributed by atoms with van der Waals surface area (Å²) in [4.78, 5) is 32.4. The Kier molecular flexibility index (Phi) is 7.82. The molecule has 0 atom stereocenters. The van der Waals surface area contributed by atoms with Crippen LogP contribution >= 0.6 is 0 Å². The number of amides is 1. The van der Waals surface area contributed by atoms with Crippen molar-refractivity contribution in [2.75, 3.05) is 43.6 Å². The van der Waals surface area contributed by atoms with Gasteiger partial charge in [-0.2, -0.15) is 13.2 Å². The molecule has 0 radical (unpaired) electrons. The Morgan fingerprint density at radius 3 is 2.53 bits per heavy atom. The Morgan fingerprint density at radius 2 is 1.86 bits per heavy atom. The summed E-state index contributed by atoms with van der Waals surface area (Å²) >= 11 is 0. The third-order valence-corrected chi connectivity index (χ3v) is 9.04. The first-order valence-corrected chi connectivity index (χ1v) is 15.5. The zero-order valence-corrected chi connectivity index (χ0v) is 26.7. The van der Waals surface area contributed by atoms with E-state index in [1.54, 1.807) is 31.0 Å². The summed E-state index contributed by atoms with van der Waals surface area (Å²) in [6, 6.07) is 6.29. The lowest BCUT2D eigenvalue weighted by Gasteiger charge is -2.38. The van der Waals surface area contributed by atoms with Crippen LogP contribution in [0.3, 0.4) is 0 Å². The third kappa shape index (κ3) is 5.64. The molecule has 2 aliphatic heterocycles. The average molecular weight is 679 g/mol. The third-order valence-electron chi connectivity index (χ3n) is 9.04. The molecule has 0 aliphatic carbocycles. The molecule has 14 heteroatoms. The number of aromatic nitrogens is 3. The molecule has 0 bridgehead atoms. The van der Waals surface area contributed by atoms with Crippen LogP contribution in [0.15, 0.2) is 61.1 Å². The predicted molar refractivity (Wildman–Crippen MR) is 173 cm³/mol. The number of ether oxygens (including phenoxy) is 1. The SMILES string of the molecule is Cc1cnc2c3c(c(C(F)(F)F)cn12)-c1cccn2c(C(=O)c4cc(F)c(NC(=O)/C=C/CNC5(C)COC5)c(F)c4)cc(c12)CCN3C. The van der Waals surface area contributed by atoms with E-state index < -0.39 is 40.8 Å². The van der Waals surface area contributed by atoms with Gasteiger partial charge in [-0.25, -0.2) is 13.8 Å². The number of likely N-dealkylation sites (N-methyl/N-ethyl adjacent to an activating group) is 1. The summed E-state index contributed by atoms with van der Waals surface area (Å²) in [5.41, 5.74) is 0.232. The minimum Gasteiger partial charge on any atom is -0.377 e. The Bertz CT molecular complexity index is 2170. The lowest BCUT2D eigenvalue weighted by Crippen LogP contribution is -2.58. The maximum atomic E-state index is 15.2. The van der Waals surface area contributed by atoms with Gasteiger partial charge in [0.25, 0.3) is 0 Å². The summed E-state index contributed by atoms with van der Waals surface area (Å²) in [5, 5.41) is 5.37. The number of ketones is 1. The van der Waals surface area contributed by atoms with Gasteiger partial charge in [-0.1, -0.05) is 12.1 Å². The van der Waals surface area contributed by atoms with E-state index >= 15 is 8.78 Å². The van der Waals surface area contributed by atoms with E-state index in [4.69, 9.17) is 4.74 Å². The summed E-state index contributed by atoms with van der Waals surface area (Å²) in [7, 11) is 1.69. The van der Waals surface area contributed by atoms with Gasteiger partial charge in [-0.3, -0.25) is 9.59 Å². The molecule has 1 amide bonds. The maximum Gasteiger partial charge on any atom is 0.418 e. The van der Waals surface area contributed by atoms with Crippen LogP contribution in [0.2, 0.25) is 0 Å². The Labute approximate surface area is 277 Å². The molecule has 4 aromatic heterocycles. The summed E-state index contributed by atoms with van der Waals surface area (Å²) < 4.78 is 82.6. The molecule has 49 heavy (non-hydrogen) atoms. The quantitative estimate of drug-likeness (QED) is 0.126. The normalized spacial score (nSPS) is 15.7. The first-order valence-electron chi connectivity index (χ1n) is 15.5. The molecule has 7 rings (SSSR count). The summed E-state index contributed by atoms with van der Waals surface area (Å²) in [5.74, 6) is -3.84. The van der Waals surface area contributed by atoms with Crippen molar-refractivity contribution in [3.05, 3.63) is 101 Å². The first-order chi connectivity index (χ1) is 23.3. The fourth-order valence-electron chi connectivity index (χ4n) is 6.49. The highest BCUT2D eigenvalue weighted by Gasteiger charge is 2.39. The minimum atomic E-state index is -4.73. The van der Waals surface area contributed by atoms with E-state index in [2.05, 4.69) is 15.6 Å². The number of imidazole rings is 1. The average Bonchev–Trinajstić information content (AvgIpc) is 3.60. The van der Waals surface area contributed by atoms with Crippen LogP contribution in [-0.4, -0.2) is 64.4 Å². The molecule has 5 aromatic rings. The van der Waals surface area contributed by atoms with E-state index in [-0.39, 0.29) is 27.9 Å². The number of anilines is 2. The number of halogens is 5. The van der Waals surface area contributed by atoms with E-state index in [1.807, 2.05) is 6.92 Å². The molecule has 9 nitrogen and oxygen atoms in total. The largest absolute Gasteiger partial charge is 0.418 e. The highest BCUT2D eigenvalue weighted by molar-refractivity contribution is 6.10. The second-order valence-electron chi connectivity index (χ2n) is 12.7.